The van der Waals surface area contributed by atoms with E-state index in [4.69, 9.17) is 14.2 Å². The van der Waals surface area contributed by atoms with E-state index in [1.165, 1.54) is 6.92 Å². The van der Waals surface area contributed by atoms with Crippen LogP contribution in [-0.2, 0) is 19.0 Å². The monoisotopic (exact) mass is 274 g/mol. The largest absolute Gasteiger partial charge is 0.509 e. The van der Waals surface area contributed by atoms with E-state index in [9.17, 15) is 9.59 Å². The Kier molecular flexibility index (Phi) is 11.0. The van der Waals surface area contributed by atoms with Gasteiger partial charge in [0.15, 0.2) is 6.10 Å². The number of esters is 1. The summed E-state index contributed by atoms with van der Waals surface area (Å²) in [6.07, 6.45) is 4.12. The van der Waals surface area contributed by atoms with E-state index in [2.05, 4.69) is 6.92 Å². The van der Waals surface area contributed by atoms with E-state index in [1.54, 1.807) is 0 Å². The minimum absolute atomic E-state index is 0.330. The second-order valence-electron chi connectivity index (χ2n) is 4.44. The SMILES string of the molecule is CCCCCCOC(=O)O[C@@H](C)C(=O)OCCCC. The molecule has 0 heterocycles. The van der Waals surface area contributed by atoms with Gasteiger partial charge in [-0.2, -0.15) is 0 Å². The van der Waals surface area contributed by atoms with Crippen LogP contribution in [-0.4, -0.2) is 31.4 Å². The van der Waals surface area contributed by atoms with Gasteiger partial charge in [-0.05, 0) is 19.8 Å². The first-order valence-corrected chi connectivity index (χ1v) is 7.11. The van der Waals surface area contributed by atoms with Crippen molar-refractivity contribution in [1.82, 2.24) is 0 Å². The van der Waals surface area contributed by atoms with Gasteiger partial charge in [-0.1, -0.05) is 39.5 Å². The molecule has 0 aliphatic heterocycles. The third-order valence-corrected chi connectivity index (χ3v) is 2.56. The van der Waals surface area contributed by atoms with Gasteiger partial charge in [-0.25, -0.2) is 9.59 Å². The molecule has 5 heteroatoms. The second-order valence-corrected chi connectivity index (χ2v) is 4.44. The number of carbonyl (C=O) groups is 2. The fourth-order valence-corrected chi connectivity index (χ4v) is 1.35. The van der Waals surface area contributed by atoms with Crippen molar-refractivity contribution < 1.29 is 23.8 Å². The van der Waals surface area contributed by atoms with Gasteiger partial charge in [0.1, 0.15) is 0 Å². The van der Waals surface area contributed by atoms with Gasteiger partial charge < -0.3 is 14.2 Å². The number of rotatable bonds is 10. The maximum absolute atomic E-state index is 11.4. The summed E-state index contributed by atoms with van der Waals surface area (Å²) in [5.74, 6) is -0.531. The van der Waals surface area contributed by atoms with Crippen LogP contribution in [0, 0.1) is 0 Å². The fraction of sp³-hybridized carbons (Fsp3) is 0.857. The highest BCUT2D eigenvalue weighted by molar-refractivity contribution is 5.76. The number of ether oxygens (including phenoxy) is 3. The lowest BCUT2D eigenvalue weighted by molar-refractivity contribution is -0.154. The van der Waals surface area contributed by atoms with E-state index in [0.29, 0.717) is 13.2 Å². The quantitative estimate of drug-likeness (QED) is 0.451. The first-order valence-electron chi connectivity index (χ1n) is 7.11. The minimum Gasteiger partial charge on any atom is -0.463 e. The Bertz CT molecular complexity index is 252. The summed E-state index contributed by atoms with van der Waals surface area (Å²) >= 11 is 0. The molecular formula is C14H26O5. The van der Waals surface area contributed by atoms with Gasteiger partial charge in [-0.3, -0.25) is 0 Å². The third-order valence-electron chi connectivity index (χ3n) is 2.56. The van der Waals surface area contributed by atoms with E-state index < -0.39 is 18.2 Å². The van der Waals surface area contributed by atoms with Gasteiger partial charge in [-0.15, -0.1) is 0 Å². The van der Waals surface area contributed by atoms with Gasteiger partial charge in [0.2, 0.25) is 0 Å². The molecule has 0 aromatic heterocycles. The Morgan fingerprint density at radius 3 is 2.16 bits per heavy atom. The van der Waals surface area contributed by atoms with Gasteiger partial charge in [0.25, 0.3) is 0 Å². The molecule has 0 rings (SSSR count). The summed E-state index contributed by atoms with van der Waals surface area (Å²) in [7, 11) is 0. The predicted molar refractivity (Wildman–Crippen MR) is 71.9 cm³/mol. The van der Waals surface area contributed by atoms with Crippen LogP contribution in [0.3, 0.4) is 0 Å². The predicted octanol–water partition coefficient (Wildman–Crippen LogP) is 3.45. The molecule has 0 bridgehead atoms. The van der Waals surface area contributed by atoms with Crippen LogP contribution >= 0.6 is 0 Å². The smallest absolute Gasteiger partial charge is 0.463 e. The first-order chi connectivity index (χ1) is 9.11. The van der Waals surface area contributed by atoms with E-state index >= 15 is 0 Å². The molecule has 112 valence electrons. The van der Waals surface area contributed by atoms with Gasteiger partial charge in [0.05, 0.1) is 13.2 Å². The average molecular weight is 274 g/mol. The molecule has 0 amide bonds. The lowest BCUT2D eigenvalue weighted by Crippen LogP contribution is -2.27. The van der Waals surface area contributed by atoms with E-state index in [0.717, 1.165) is 38.5 Å². The highest BCUT2D eigenvalue weighted by atomic mass is 16.7. The molecule has 19 heavy (non-hydrogen) atoms. The molecule has 0 unspecified atom stereocenters. The number of carbonyl (C=O) groups excluding carboxylic acids is 2. The van der Waals surface area contributed by atoms with Crippen LogP contribution < -0.4 is 0 Å². The highest BCUT2D eigenvalue weighted by Gasteiger charge is 2.19. The maximum atomic E-state index is 11.4. The van der Waals surface area contributed by atoms with E-state index in [1.807, 2.05) is 6.92 Å². The van der Waals surface area contributed by atoms with Crippen LogP contribution in [0.25, 0.3) is 0 Å². The Morgan fingerprint density at radius 1 is 0.895 bits per heavy atom. The van der Waals surface area contributed by atoms with Crippen molar-refractivity contribution in [2.24, 2.45) is 0 Å². The number of hydrogen-bond acceptors (Lipinski definition) is 5. The topological polar surface area (TPSA) is 61.8 Å². The molecule has 0 aromatic carbocycles. The second kappa shape index (κ2) is 11.8. The van der Waals surface area contributed by atoms with Gasteiger partial charge >= 0.3 is 12.1 Å². The summed E-state index contributed by atoms with van der Waals surface area (Å²) in [5, 5.41) is 0. The van der Waals surface area contributed by atoms with Crippen molar-refractivity contribution in [3.05, 3.63) is 0 Å². The van der Waals surface area contributed by atoms with Crippen molar-refractivity contribution in [2.45, 2.75) is 65.4 Å². The van der Waals surface area contributed by atoms with Crippen LogP contribution in [0.2, 0.25) is 0 Å². The molecule has 0 spiro atoms. The summed E-state index contributed by atoms with van der Waals surface area (Å²) in [6.45, 7) is 6.28. The molecule has 1 atom stereocenters. The van der Waals surface area contributed by atoms with Crippen molar-refractivity contribution >= 4 is 12.1 Å². The molecule has 0 aliphatic carbocycles. The molecular weight excluding hydrogens is 248 g/mol. The Morgan fingerprint density at radius 2 is 1.53 bits per heavy atom. The Balaban J connectivity index is 3.64. The minimum atomic E-state index is -0.917. The zero-order chi connectivity index (χ0) is 14.5. The summed E-state index contributed by atoms with van der Waals surface area (Å²) in [5.41, 5.74) is 0. The number of unbranched alkanes of at least 4 members (excludes halogenated alkanes) is 4. The number of hydrogen-bond donors (Lipinski definition) is 0. The van der Waals surface area contributed by atoms with Crippen LogP contribution in [0.4, 0.5) is 4.79 Å². The molecule has 5 nitrogen and oxygen atoms in total. The average Bonchev–Trinajstić information content (AvgIpc) is 2.38. The van der Waals surface area contributed by atoms with Crippen molar-refractivity contribution in [1.29, 1.82) is 0 Å². The summed E-state index contributed by atoms with van der Waals surface area (Å²) in [4.78, 5) is 22.7. The highest BCUT2D eigenvalue weighted by Crippen LogP contribution is 2.02. The van der Waals surface area contributed by atoms with Crippen molar-refractivity contribution in [2.75, 3.05) is 13.2 Å². The zero-order valence-electron chi connectivity index (χ0n) is 12.3. The molecule has 0 aliphatic rings. The lowest BCUT2D eigenvalue weighted by Gasteiger charge is -2.12. The van der Waals surface area contributed by atoms with Crippen LogP contribution in [0.5, 0.6) is 0 Å². The zero-order valence-corrected chi connectivity index (χ0v) is 12.3. The van der Waals surface area contributed by atoms with Crippen LogP contribution in [0.15, 0.2) is 0 Å². The molecule has 0 aromatic rings. The molecule has 0 fully saturated rings. The molecule has 0 radical (unpaired) electrons. The Labute approximate surface area is 115 Å². The normalized spacial score (nSPS) is 11.7. The summed E-state index contributed by atoms with van der Waals surface area (Å²) in [6, 6.07) is 0. The van der Waals surface area contributed by atoms with Crippen molar-refractivity contribution in [3.8, 4) is 0 Å². The third kappa shape index (κ3) is 10.4. The van der Waals surface area contributed by atoms with Crippen LogP contribution in [0.1, 0.15) is 59.3 Å². The fourth-order valence-electron chi connectivity index (χ4n) is 1.35. The van der Waals surface area contributed by atoms with E-state index in [-0.39, 0.29) is 0 Å². The molecule has 0 saturated heterocycles. The summed E-state index contributed by atoms with van der Waals surface area (Å²) < 4.78 is 14.6. The lowest BCUT2D eigenvalue weighted by atomic mass is 10.2. The standard InChI is InChI=1S/C14H26O5/c1-4-6-8-9-11-18-14(16)19-12(3)13(15)17-10-7-5-2/h12H,4-11H2,1-3H3/t12-/m0/s1. The Hall–Kier alpha value is -1.26. The first kappa shape index (κ1) is 17.7. The van der Waals surface area contributed by atoms with Gasteiger partial charge in [0, 0.05) is 0 Å². The van der Waals surface area contributed by atoms with Crippen molar-refractivity contribution in [3.63, 3.8) is 0 Å². The molecule has 0 saturated carbocycles. The molecule has 0 N–H and O–H groups in total. The maximum Gasteiger partial charge on any atom is 0.509 e.